The molecule has 0 spiro atoms. The number of benzene rings is 1. The molecule has 1 aliphatic heterocycles. The number of hydrogen-bond acceptors (Lipinski definition) is 4. The highest BCUT2D eigenvalue weighted by molar-refractivity contribution is 5.85. The molecule has 2 heterocycles. The van der Waals surface area contributed by atoms with E-state index < -0.39 is 0 Å². The Morgan fingerprint density at radius 3 is 2.56 bits per heavy atom. The average molecular weight is 390 g/mol. The van der Waals surface area contributed by atoms with E-state index in [0.29, 0.717) is 6.04 Å². The molecule has 2 aromatic rings. The molecule has 0 radical (unpaired) electrons. The molecule has 3 rings (SSSR count). The van der Waals surface area contributed by atoms with Crippen LogP contribution in [0.3, 0.4) is 0 Å². The molecule has 148 valence electrons. The predicted octanol–water partition coefficient (Wildman–Crippen LogP) is 4.31. The highest BCUT2D eigenvalue weighted by Gasteiger charge is 2.28. The Bertz CT molecular complexity index is 674. The minimum Gasteiger partial charge on any atom is -0.497 e. The third kappa shape index (κ3) is 5.68. The molecule has 0 amide bonds. The third-order valence-electron chi connectivity index (χ3n) is 5.30. The first-order valence-electron chi connectivity index (χ1n) is 9.70. The Kier molecular flexibility index (Phi) is 8.55. The average Bonchev–Trinajstić information content (AvgIpc) is 2.69. The zero-order valence-corrected chi connectivity index (χ0v) is 17.4. The van der Waals surface area contributed by atoms with E-state index in [1.165, 1.54) is 18.4 Å². The summed E-state index contributed by atoms with van der Waals surface area (Å²) >= 11 is 0. The van der Waals surface area contributed by atoms with Crippen molar-refractivity contribution in [2.75, 3.05) is 26.7 Å². The van der Waals surface area contributed by atoms with Gasteiger partial charge in [0.05, 0.1) is 18.8 Å². The molecule has 1 aromatic heterocycles. The minimum absolute atomic E-state index is 0. The number of rotatable bonds is 7. The molecule has 1 fully saturated rings. The SMILES string of the molecule is COc1cccc(C(c2ccccn2)N(CC2CCNCC2)C(C)C)c1.Cl. The molecule has 1 aromatic carbocycles. The summed E-state index contributed by atoms with van der Waals surface area (Å²) < 4.78 is 5.48. The number of pyridine rings is 1. The van der Waals surface area contributed by atoms with E-state index in [0.717, 1.165) is 37.0 Å². The van der Waals surface area contributed by atoms with E-state index in [-0.39, 0.29) is 18.4 Å². The zero-order chi connectivity index (χ0) is 18.4. The topological polar surface area (TPSA) is 37.4 Å². The van der Waals surface area contributed by atoms with E-state index in [9.17, 15) is 0 Å². The summed E-state index contributed by atoms with van der Waals surface area (Å²) in [5.41, 5.74) is 2.34. The van der Waals surface area contributed by atoms with Gasteiger partial charge in [0.1, 0.15) is 5.75 Å². The van der Waals surface area contributed by atoms with Crippen molar-refractivity contribution in [3.63, 3.8) is 0 Å². The maximum atomic E-state index is 5.48. The fourth-order valence-electron chi connectivity index (χ4n) is 3.86. The maximum Gasteiger partial charge on any atom is 0.119 e. The lowest BCUT2D eigenvalue weighted by Gasteiger charge is -2.38. The van der Waals surface area contributed by atoms with Gasteiger partial charge in [0, 0.05) is 18.8 Å². The summed E-state index contributed by atoms with van der Waals surface area (Å²) in [6.07, 6.45) is 4.39. The number of ether oxygens (including phenoxy) is 1. The van der Waals surface area contributed by atoms with E-state index in [2.05, 4.69) is 54.4 Å². The van der Waals surface area contributed by atoms with Gasteiger partial charge in [-0.15, -0.1) is 12.4 Å². The summed E-state index contributed by atoms with van der Waals surface area (Å²) in [6, 6.07) is 15.2. The molecular weight excluding hydrogens is 358 g/mol. The maximum absolute atomic E-state index is 5.48. The summed E-state index contributed by atoms with van der Waals surface area (Å²) in [7, 11) is 1.73. The molecular formula is C22H32ClN3O. The van der Waals surface area contributed by atoms with Gasteiger partial charge in [-0.05, 0) is 75.5 Å². The molecule has 27 heavy (non-hydrogen) atoms. The highest BCUT2D eigenvalue weighted by atomic mass is 35.5. The summed E-state index contributed by atoms with van der Waals surface area (Å²) in [6.45, 7) is 7.93. The van der Waals surface area contributed by atoms with Crippen LogP contribution in [0, 0.1) is 5.92 Å². The lowest BCUT2D eigenvalue weighted by atomic mass is 9.93. The van der Waals surface area contributed by atoms with Gasteiger partial charge in [-0.25, -0.2) is 0 Å². The Hall–Kier alpha value is -1.62. The number of nitrogens with one attached hydrogen (secondary N) is 1. The summed E-state index contributed by atoms with van der Waals surface area (Å²) in [5, 5.41) is 3.48. The smallest absolute Gasteiger partial charge is 0.119 e. The van der Waals surface area contributed by atoms with Gasteiger partial charge in [-0.3, -0.25) is 9.88 Å². The van der Waals surface area contributed by atoms with Crippen molar-refractivity contribution >= 4 is 12.4 Å². The lowest BCUT2D eigenvalue weighted by molar-refractivity contribution is 0.133. The fourth-order valence-corrected chi connectivity index (χ4v) is 3.86. The fraction of sp³-hybridized carbons (Fsp3) is 0.500. The van der Waals surface area contributed by atoms with Crippen LogP contribution in [0.5, 0.6) is 5.75 Å². The standard InChI is InChI=1S/C22H31N3O.ClH/c1-17(2)25(16-18-10-13-23-14-11-18)22(21-9-4-5-12-24-21)19-7-6-8-20(15-19)26-3;/h4-9,12,15,17-18,22-23H,10-11,13-14,16H2,1-3H3;1H. The summed E-state index contributed by atoms with van der Waals surface area (Å²) in [4.78, 5) is 7.32. The van der Waals surface area contributed by atoms with Crippen LogP contribution in [-0.2, 0) is 0 Å². The van der Waals surface area contributed by atoms with Gasteiger partial charge in [-0.2, -0.15) is 0 Å². The first kappa shape index (κ1) is 21.7. The van der Waals surface area contributed by atoms with Crippen LogP contribution >= 0.6 is 12.4 Å². The first-order chi connectivity index (χ1) is 12.7. The van der Waals surface area contributed by atoms with Crippen LogP contribution in [0.25, 0.3) is 0 Å². The van der Waals surface area contributed by atoms with Crippen molar-refractivity contribution < 1.29 is 4.74 Å². The first-order valence-corrected chi connectivity index (χ1v) is 9.70. The number of hydrogen-bond donors (Lipinski definition) is 1. The van der Waals surface area contributed by atoms with Gasteiger partial charge < -0.3 is 10.1 Å². The van der Waals surface area contributed by atoms with E-state index in [1.54, 1.807) is 7.11 Å². The van der Waals surface area contributed by atoms with Gasteiger partial charge in [0.15, 0.2) is 0 Å². The summed E-state index contributed by atoms with van der Waals surface area (Å²) in [5.74, 6) is 1.63. The van der Waals surface area contributed by atoms with Crippen molar-refractivity contribution in [2.45, 2.75) is 38.8 Å². The molecule has 0 bridgehead atoms. The molecule has 1 aliphatic rings. The minimum atomic E-state index is 0. The van der Waals surface area contributed by atoms with Gasteiger partial charge >= 0.3 is 0 Å². The van der Waals surface area contributed by atoms with Crippen molar-refractivity contribution in [3.05, 3.63) is 59.9 Å². The van der Waals surface area contributed by atoms with Crippen LogP contribution in [0.1, 0.15) is 44.0 Å². The molecule has 0 saturated carbocycles. The van der Waals surface area contributed by atoms with Crippen molar-refractivity contribution in [2.24, 2.45) is 5.92 Å². The van der Waals surface area contributed by atoms with Crippen molar-refractivity contribution in [1.29, 1.82) is 0 Å². The molecule has 4 nitrogen and oxygen atoms in total. The van der Waals surface area contributed by atoms with Gasteiger partial charge in [0.2, 0.25) is 0 Å². The Morgan fingerprint density at radius 1 is 1.15 bits per heavy atom. The highest BCUT2D eigenvalue weighted by Crippen LogP contribution is 2.32. The van der Waals surface area contributed by atoms with Crippen LogP contribution < -0.4 is 10.1 Å². The zero-order valence-electron chi connectivity index (χ0n) is 16.6. The monoisotopic (exact) mass is 389 g/mol. The normalized spacial score (nSPS) is 16.2. The van der Waals surface area contributed by atoms with Gasteiger partial charge in [0.25, 0.3) is 0 Å². The second-order valence-corrected chi connectivity index (χ2v) is 7.42. The van der Waals surface area contributed by atoms with Crippen LogP contribution in [0.2, 0.25) is 0 Å². The van der Waals surface area contributed by atoms with Crippen molar-refractivity contribution in [3.8, 4) is 5.75 Å². The van der Waals surface area contributed by atoms with Crippen LogP contribution in [0.15, 0.2) is 48.7 Å². The molecule has 1 saturated heterocycles. The quantitative estimate of drug-likeness (QED) is 0.765. The number of aromatic nitrogens is 1. The largest absolute Gasteiger partial charge is 0.497 e. The number of piperidine rings is 1. The Labute approximate surface area is 169 Å². The molecule has 5 heteroatoms. The van der Waals surface area contributed by atoms with E-state index >= 15 is 0 Å². The molecule has 1 unspecified atom stereocenters. The van der Waals surface area contributed by atoms with E-state index in [4.69, 9.17) is 9.72 Å². The second kappa shape index (κ2) is 10.6. The van der Waals surface area contributed by atoms with Gasteiger partial charge in [-0.1, -0.05) is 18.2 Å². The molecule has 0 aliphatic carbocycles. The lowest BCUT2D eigenvalue weighted by Crippen LogP contribution is -2.42. The predicted molar refractivity (Wildman–Crippen MR) is 114 cm³/mol. The van der Waals surface area contributed by atoms with Crippen molar-refractivity contribution in [1.82, 2.24) is 15.2 Å². The Balaban J connectivity index is 0.00000261. The van der Waals surface area contributed by atoms with Crippen LogP contribution in [-0.4, -0.2) is 42.7 Å². The number of methoxy groups -OCH3 is 1. The number of nitrogens with zero attached hydrogens (tertiary/aromatic N) is 2. The molecule has 1 N–H and O–H groups in total. The third-order valence-corrected chi connectivity index (χ3v) is 5.30. The second-order valence-electron chi connectivity index (χ2n) is 7.42. The molecule has 1 atom stereocenters. The van der Waals surface area contributed by atoms with E-state index in [1.807, 2.05) is 18.3 Å². The van der Waals surface area contributed by atoms with Crippen LogP contribution in [0.4, 0.5) is 0 Å². The Morgan fingerprint density at radius 2 is 1.93 bits per heavy atom. The number of halogens is 1.